The maximum Gasteiger partial charge on any atom is 0.255 e. The third-order valence-corrected chi connectivity index (χ3v) is 4.62. The summed E-state index contributed by atoms with van der Waals surface area (Å²) in [6, 6.07) is 10.1. The molecule has 0 saturated carbocycles. The fourth-order valence-corrected chi connectivity index (χ4v) is 3.08. The largest absolute Gasteiger partial charge is 0.336 e. The number of halogens is 2. The molecule has 23 heavy (non-hydrogen) atoms. The predicted molar refractivity (Wildman–Crippen MR) is 89.5 cm³/mol. The Kier molecular flexibility index (Phi) is 5.03. The van der Waals surface area contributed by atoms with Crippen LogP contribution >= 0.6 is 15.9 Å². The van der Waals surface area contributed by atoms with Gasteiger partial charge in [-0.3, -0.25) is 14.7 Å². The number of hydrogen-bond acceptors (Lipinski definition) is 3. The number of carbonyl (C=O) groups is 1. The van der Waals surface area contributed by atoms with E-state index in [1.165, 1.54) is 12.1 Å². The Morgan fingerprint density at radius 1 is 1.17 bits per heavy atom. The van der Waals surface area contributed by atoms with Crippen LogP contribution in [0.3, 0.4) is 0 Å². The quantitative estimate of drug-likeness (QED) is 0.824. The van der Waals surface area contributed by atoms with Gasteiger partial charge in [0, 0.05) is 43.4 Å². The van der Waals surface area contributed by atoms with Gasteiger partial charge in [-0.05, 0) is 46.3 Å². The first kappa shape index (κ1) is 16.1. The Balaban J connectivity index is 1.60. The Morgan fingerprint density at radius 2 is 1.96 bits per heavy atom. The van der Waals surface area contributed by atoms with Crippen molar-refractivity contribution in [3.8, 4) is 0 Å². The molecule has 1 aliphatic rings. The summed E-state index contributed by atoms with van der Waals surface area (Å²) in [4.78, 5) is 20.9. The third-order valence-electron chi connectivity index (χ3n) is 3.93. The van der Waals surface area contributed by atoms with Crippen molar-refractivity contribution in [3.63, 3.8) is 0 Å². The topological polar surface area (TPSA) is 36.4 Å². The minimum absolute atomic E-state index is 0.131. The van der Waals surface area contributed by atoms with Crippen LogP contribution in [0.1, 0.15) is 16.1 Å². The molecule has 2 aromatic rings. The number of aromatic nitrogens is 1. The van der Waals surface area contributed by atoms with Crippen molar-refractivity contribution in [2.75, 3.05) is 26.2 Å². The average Bonchev–Trinajstić information content (AvgIpc) is 2.58. The normalized spacial score (nSPS) is 15.7. The van der Waals surface area contributed by atoms with Crippen molar-refractivity contribution in [1.29, 1.82) is 0 Å². The number of piperazine rings is 1. The van der Waals surface area contributed by atoms with Crippen molar-refractivity contribution in [1.82, 2.24) is 14.8 Å². The lowest BCUT2D eigenvalue weighted by molar-refractivity contribution is 0.0625. The van der Waals surface area contributed by atoms with Crippen molar-refractivity contribution < 1.29 is 9.18 Å². The van der Waals surface area contributed by atoms with E-state index in [1.54, 1.807) is 17.2 Å². The lowest BCUT2D eigenvalue weighted by Crippen LogP contribution is -2.48. The fraction of sp³-hybridized carbons (Fsp3) is 0.294. The van der Waals surface area contributed by atoms with Gasteiger partial charge in [0.25, 0.3) is 5.91 Å². The molecule has 0 unspecified atom stereocenters. The molecular formula is C17H17BrFN3O. The monoisotopic (exact) mass is 377 g/mol. The van der Waals surface area contributed by atoms with E-state index in [1.807, 2.05) is 18.2 Å². The molecule has 120 valence electrons. The highest BCUT2D eigenvalue weighted by Crippen LogP contribution is 2.20. The van der Waals surface area contributed by atoms with Crippen molar-refractivity contribution in [2.24, 2.45) is 0 Å². The average molecular weight is 378 g/mol. The van der Waals surface area contributed by atoms with Crippen LogP contribution < -0.4 is 0 Å². The van der Waals surface area contributed by atoms with E-state index < -0.39 is 5.82 Å². The van der Waals surface area contributed by atoms with Gasteiger partial charge in [-0.15, -0.1) is 0 Å². The van der Waals surface area contributed by atoms with Crippen LogP contribution in [0.2, 0.25) is 0 Å². The molecule has 4 nitrogen and oxygen atoms in total. The van der Waals surface area contributed by atoms with E-state index in [2.05, 4.69) is 25.8 Å². The van der Waals surface area contributed by atoms with Crippen LogP contribution in [0.15, 0.2) is 47.1 Å². The second-order valence-corrected chi connectivity index (χ2v) is 6.37. The highest BCUT2D eigenvalue weighted by molar-refractivity contribution is 9.10. The van der Waals surface area contributed by atoms with E-state index >= 15 is 0 Å². The number of carbonyl (C=O) groups excluding carboxylic acids is 1. The lowest BCUT2D eigenvalue weighted by atomic mass is 10.1. The summed E-state index contributed by atoms with van der Waals surface area (Å²) in [7, 11) is 0. The number of nitrogens with zero attached hydrogens (tertiary/aromatic N) is 3. The summed E-state index contributed by atoms with van der Waals surface area (Å²) in [5.41, 5.74) is 1.41. The fourth-order valence-electron chi connectivity index (χ4n) is 2.66. The number of pyridine rings is 1. The van der Waals surface area contributed by atoms with Gasteiger partial charge in [-0.25, -0.2) is 4.39 Å². The lowest BCUT2D eigenvalue weighted by Gasteiger charge is -2.34. The van der Waals surface area contributed by atoms with Gasteiger partial charge >= 0.3 is 0 Å². The number of rotatable bonds is 3. The van der Waals surface area contributed by atoms with Crippen LogP contribution in [0, 0.1) is 5.82 Å². The van der Waals surface area contributed by atoms with Gasteiger partial charge in [-0.1, -0.05) is 6.07 Å². The smallest absolute Gasteiger partial charge is 0.255 e. The van der Waals surface area contributed by atoms with Crippen molar-refractivity contribution in [2.45, 2.75) is 6.54 Å². The second-order valence-electron chi connectivity index (χ2n) is 5.51. The molecule has 1 amide bonds. The van der Waals surface area contributed by atoms with E-state index in [0.29, 0.717) is 23.1 Å². The Morgan fingerprint density at radius 3 is 2.65 bits per heavy atom. The highest BCUT2D eigenvalue weighted by Gasteiger charge is 2.24. The SMILES string of the molecule is O=C(c1cc(F)ccc1Br)N1CCN(Cc2ccccn2)CC1. The second kappa shape index (κ2) is 7.19. The first-order valence-electron chi connectivity index (χ1n) is 7.50. The van der Waals surface area contributed by atoms with E-state index in [9.17, 15) is 9.18 Å². The zero-order valence-corrected chi connectivity index (χ0v) is 14.2. The Hall–Kier alpha value is -1.79. The summed E-state index contributed by atoms with van der Waals surface area (Å²) >= 11 is 3.32. The maximum absolute atomic E-state index is 13.4. The first-order valence-corrected chi connectivity index (χ1v) is 8.29. The summed E-state index contributed by atoms with van der Waals surface area (Å²) in [5.74, 6) is -0.529. The number of amides is 1. The van der Waals surface area contributed by atoms with Gasteiger partial charge < -0.3 is 4.90 Å². The van der Waals surface area contributed by atoms with E-state index in [-0.39, 0.29) is 5.91 Å². The zero-order chi connectivity index (χ0) is 16.2. The van der Waals surface area contributed by atoms with E-state index in [0.717, 1.165) is 25.3 Å². The molecule has 0 radical (unpaired) electrons. The molecule has 1 aromatic heterocycles. The highest BCUT2D eigenvalue weighted by atomic mass is 79.9. The molecule has 1 aromatic carbocycles. The summed E-state index contributed by atoms with van der Waals surface area (Å²) in [6.45, 7) is 3.63. The summed E-state index contributed by atoms with van der Waals surface area (Å²) in [5, 5.41) is 0. The van der Waals surface area contributed by atoms with Crippen LogP contribution in [0.4, 0.5) is 4.39 Å². The molecule has 0 N–H and O–H groups in total. The standard InChI is InChI=1S/C17H17BrFN3O/c18-16-5-4-13(19)11-15(16)17(23)22-9-7-21(8-10-22)12-14-3-1-2-6-20-14/h1-6,11H,7-10,12H2. The Labute approximate surface area is 143 Å². The van der Waals surface area contributed by atoms with E-state index in [4.69, 9.17) is 0 Å². The molecule has 2 heterocycles. The molecule has 0 bridgehead atoms. The van der Waals surface area contributed by atoms with Gasteiger partial charge in [0.1, 0.15) is 5.82 Å². The van der Waals surface area contributed by atoms with Crippen LogP contribution in [-0.2, 0) is 6.54 Å². The number of hydrogen-bond donors (Lipinski definition) is 0. The van der Waals surface area contributed by atoms with Gasteiger partial charge in [0.15, 0.2) is 0 Å². The molecule has 6 heteroatoms. The van der Waals surface area contributed by atoms with Crippen LogP contribution in [0.25, 0.3) is 0 Å². The zero-order valence-electron chi connectivity index (χ0n) is 12.6. The number of benzene rings is 1. The third kappa shape index (κ3) is 3.95. The molecule has 0 aliphatic carbocycles. The Bertz CT molecular complexity index is 687. The molecule has 1 aliphatic heterocycles. The molecule has 0 atom stereocenters. The minimum atomic E-state index is -0.398. The molecule has 1 saturated heterocycles. The summed E-state index contributed by atoms with van der Waals surface area (Å²) < 4.78 is 14.0. The van der Waals surface area contributed by atoms with Gasteiger partial charge in [0.2, 0.25) is 0 Å². The first-order chi connectivity index (χ1) is 11.1. The minimum Gasteiger partial charge on any atom is -0.336 e. The van der Waals surface area contributed by atoms with Gasteiger partial charge in [-0.2, -0.15) is 0 Å². The predicted octanol–water partition coefficient (Wildman–Crippen LogP) is 2.94. The van der Waals surface area contributed by atoms with Gasteiger partial charge in [0.05, 0.1) is 11.3 Å². The maximum atomic E-state index is 13.4. The summed E-state index contributed by atoms with van der Waals surface area (Å²) in [6.07, 6.45) is 1.79. The molecular weight excluding hydrogens is 361 g/mol. The molecule has 1 fully saturated rings. The van der Waals surface area contributed by atoms with Crippen molar-refractivity contribution >= 4 is 21.8 Å². The van der Waals surface area contributed by atoms with Crippen LogP contribution in [0.5, 0.6) is 0 Å². The van der Waals surface area contributed by atoms with Crippen molar-refractivity contribution in [3.05, 3.63) is 64.1 Å². The van der Waals surface area contributed by atoms with Crippen LogP contribution in [-0.4, -0.2) is 46.9 Å². The molecule has 0 spiro atoms. The molecule has 3 rings (SSSR count).